The summed E-state index contributed by atoms with van der Waals surface area (Å²) >= 11 is 0. The van der Waals surface area contributed by atoms with Gasteiger partial charge < -0.3 is 14.4 Å². The van der Waals surface area contributed by atoms with E-state index in [1.165, 1.54) is 41.7 Å². The van der Waals surface area contributed by atoms with Crippen LogP contribution < -0.4 is 9.47 Å². The number of methoxy groups -OCH3 is 2. The van der Waals surface area contributed by atoms with Gasteiger partial charge in [-0.15, -0.1) is 5.10 Å². The maximum absolute atomic E-state index is 13.4. The molecule has 13 heteroatoms. The molecule has 204 valence electrons. The predicted molar refractivity (Wildman–Crippen MR) is 144 cm³/mol. The lowest BCUT2D eigenvalue weighted by atomic mass is 10.1. The van der Waals surface area contributed by atoms with Gasteiger partial charge in [0.25, 0.3) is 5.91 Å². The number of nitrogens with zero attached hydrogens (tertiary/aromatic N) is 7. The molecule has 2 aromatic carbocycles. The molecule has 4 aromatic rings. The van der Waals surface area contributed by atoms with Gasteiger partial charge in [0.1, 0.15) is 29.2 Å². The Morgan fingerprint density at radius 1 is 0.925 bits per heavy atom. The highest BCUT2D eigenvalue weighted by molar-refractivity contribution is 7.89. The van der Waals surface area contributed by atoms with E-state index >= 15 is 0 Å². The van der Waals surface area contributed by atoms with Crippen molar-refractivity contribution in [2.45, 2.75) is 4.90 Å². The fraction of sp³-hybridized carbons (Fsp3) is 0.222. The van der Waals surface area contributed by atoms with Crippen molar-refractivity contribution in [2.75, 3.05) is 40.4 Å². The molecule has 0 radical (unpaired) electrons. The monoisotopic (exact) mass is 559 g/mol. The lowest BCUT2D eigenvalue weighted by molar-refractivity contribution is 0.0698. The van der Waals surface area contributed by atoms with E-state index in [0.717, 1.165) is 0 Å². The van der Waals surface area contributed by atoms with Gasteiger partial charge in [0.05, 0.1) is 24.7 Å². The number of tetrazole rings is 1. The van der Waals surface area contributed by atoms with E-state index in [1.807, 2.05) is 6.07 Å². The Morgan fingerprint density at radius 3 is 2.40 bits per heavy atom. The lowest BCUT2D eigenvalue weighted by Crippen LogP contribution is -2.50. The fourth-order valence-corrected chi connectivity index (χ4v) is 5.69. The standard InChI is InChI=1S/C27H25N7O5S/c1-38-25-11-7-21(17-20(25)6-8-22-5-3-4-12-28-22)27(35)32-13-15-33(16-14-32)40(36,37)23-9-10-24(26(18-23)39-2)34-19-29-30-31-34/h3-5,7,9-12,17-19H,13-16H2,1-2H3. The minimum atomic E-state index is -3.83. The molecule has 0 N–H and O–H groups in total. The molecule has 1 fully saturated rings. The molecular weight excluding hydrogens is 534 g/mol. The van der Waals surface area contributed by atoms with Crippen LogP contribution >= 0.6 is 0 Å². The first-order chi connectivity index (χ1) is 19.4. The second-order valence-electron chi connectivity index (χ2n) is 8.66. The maximum Gasteiger partial charge on any atom is 0.253 e. The van der Waals surface area contributed by atoms with Crippen LogP contribution in [-0.4, -0.2) is 89.1 Å². The van der Waals surface area contributed by atoms with Crippen molar-refractivity contribution in [1.29, 1.82) is 0 Å². The van der Waals surface area contributed by atoms with Crippen molar-refractivity contribution in [3.63, 3.8) is 0 Å². The third-order valence-electron chi connectivity index (χ3n) is 6.35. The van der Waals surface area contributed by atoms with Crippen molar-refractivity contribution in [3.05, 3.63) is 83.9 Å². The molecule has 1 amide bonds. The Morgan fingerprint density at radius 2 is 1.73 bits per heavy atom. The number of benzene rings is 2. The fourth-order valence-electron chi connectivity index (χ4n) is 4.25. The summed E-state index contributed by atoms with van der Waals surface area (Å²) in [5.74, 6) is 6.64. The van der Waals surface area contributed by atoms with Gasteiger partial charge in [-0.3, -0.25) is 4.79 Å². The van der Waals surface area contributed by atoms with E-state index in [4.69, 9.17) is 9.47 Å². The van der Waals surface area contributed by atoms with Gasteiger partial charge in [0.2, 0.25) is 10.0 Å². The SMILES string of the molecule is COc1ccc(C(=O)N2CCN(S(=O)(=O)c3ccc(-n4cnnn4)c(OC)c3)CC2)cc1C#Cc1ccccn1. The van der Waals surface area contributed by atoms with E-state index in [1.54, 1.807) is 47.5 Å². The number of pyridine rings is 1. The number of hydrogen-bond donors (Lipinski definition) is 0. The molecule has 40 heavy (non-hydrogen) atoms. The highest BCUT2D eigenvalue weighted by atomic mass is 32.2. The highest BCUT2D eigenvalue weighted by Crippen LogP contribution is 2.28. The van der Waals surface area contributed by atoms with Gasteiger partial charge in [0, 0.05) is 44.0 Å². The van der Waals surface area contributed by atoms with Crippen LogP contribution in [0.15, 0.2) is 72.0 Å². The van der Waals surface area contributed by atoms with Crippen LogP contribution in [0.4, 0.5) is 0 Å². The third kappa shape index (κ3) is 5.49. The lowest BCUT2D eigenvalue weighted by Gasteiger charge is -2.34. The normalized spacial score (nSPS) is 13.8. The molecule has 5 rings (SSSR count). The van der Waals surface area contributed by atoms with Crippen molar-refractivity contribution in [2.24, 2.45) is 0 Å². The van der Waals surface area contributed by atoms with Crippen molar-refractivity contribution < 1.29 is 22.7 Å². The number of aromatic nitrogens is 5. The summed E-state index contributed by atoms with van der Waals surface area (Å²) in [4.78, 5) is 19.2. The number of ether oxygens (including phenoxy) is 2. The summed E-state index contributed by atoms with van der Waals surface area (Å²) in [6.07, 6.45) is 3.05. The molecule has 0 spiro atoms. The van der Waals surface area contributed by atoms with Gasteiger partial charge in [-0.05, 0) is 58.8 Å². The van der Waals surface area contributed by atoms with Crippen LogP contribution in [-0.2, 0) is 10.0 Å². The number of sulfonamides is 1. The average Bonchev–Trinajstić information content (AvgIpc) is 3.55. The Balaban J connectivity index is 1.29. The van der Waals surface area contributed by atoms with Crippen molar-refractivity contribution >= 4 is 15.9 Å². The number of amides is 1. The molecule has 0 bridgehead atoms. The summed E-state index contributed by atoms with van der Waals surface area (Å²) in [7, 11) is -0.847. The van der Waals surface area contributed by atoms with E-state index < -0.39 is 10.0 Å². The highest BCUT2D eigenvalue weighted by Gasteiger charge is 2.31. The first-order valence-corrected chi connectivity index (χ1v) is 13.7. The number of carbonyl (C=O) groups is 1. The summed E-state index contributed by atoms with van der Waals surface area (Å²) in [5, 5.41) is 11.0. The Hall–Kier alpha value is -4.80. The number of hydrogen-bond acceptors (Lipinski definition) is 9. The predicted octanol–water partition coefficient (Wildman–Crippen LogP) is 1.62. The van der Waals surface area contributed by atoms with Gasteiger partial charge in [-0.25, -0.2) is 13.4 Å². The van der Waals surface area contributed by atoms with Gasteiger partial charge in [-0.2, -0.15) is 8.99 Å². The second kappa shape index (κ2) is 11.5. The minimum absolute atomic E-state index is 0.0761. The van der Waals surface area contributed by atoms with E-state index in [0.29, 0.717) is 34.0 Å². The Labute approximate surface area is 231 Å². The quantitative estimate of drug-likeness (QED) is 0.323. The Kier molecular flexibility index (Phi) is 7.72. The smallest absolute Gasteiger partial charge is 0.253 e. The van der Waals surface area contributed by atoms with Crippen LogP contribution in [0.3, 0.4) is 0 Å². The summed E-state index contributed by atoms with van der Waals surface area (Å²) in [5.41, 5.74) is 2.09. The van der Waals surface area contributed by atoms with E-state index in [-0.39, 0.29) is 37.0 Å². The molecule has 12 nitrogen and oxygen atoms in total. The van der Waals surface area contributed by atoms with E-state index in [2.05, 4.69) is 32.4 Å². The molecule has 1 saturated heterocycles. The van der Waals surface area contributed by atoms with Crippen LogP contribution in [0.1, 0.15) is 21.6 Å². The maximum atomic E-state index is 13.4. The summed E-state index contributed by atoms with van der Waals surface area (Å²) < 4.78 is 40.3. The molecule has 1 aliphatic heterocycles. The molecule has 0 aliphatic carbocycles. The minimum Gasteiger partial charge on any atom is -0.495 e. The average molecular weight is 560 g/mol. The molecular formula is C27H25N7O5S. The molecule has 3 heterocycles. The van der Waals surface area contributed by atoms with Gasteiger partial charge in [0.15, 0.2) is 0 Å². The van der Waals surface area contributed by atoms with Crippen LogP contribution in [0, 0.1) is 11.8 Å². The first kappa shape index (κ1) is 26.8. The Bertz CT molecular complexity index is 1680. The number of piperazine rings is 1. The third-order valence-corrected chi connectivity index (χ3v) is 8.24. The number of carbonyl (C=O) groups excluding carboxylic acids is 1. The van der Waals surface area contributed by atoms with Crippen molar-refractivity contribution in [1.82, 2.24) is 34.4 Å². The van der Waals surface area contributed by atoms with Gasteiger partial charge in [-0.1, -0.05) is 12.0 Å². The zero-order valence-corrected chi connectivity index (χ0v) is 22.6. The van der Waals surface area contributed by atoms with Crippen molar-refractivity contribution in [3.8, 4) is 29.0 Å². The zero-order valence-electron chi connectivity index (χ0n) is 21.8. The number of rotatable bonds is 6. The van der Waals surface area contributed by atoms with Crippen LogP contribution in [0.2, 0.25) is 0 Å². The van der Waals surface area contributed by atoms with Gasteiger partial charge >= 0.3 is 0 Å². The summed E-state index contributed by atoms with van der Waals surface area (Å²) in [6, 6.07) is 15.0. The van der Waals surface area contributed by atoms with Crippen LogP contribution in [0.5, 0.6) is 11.5 Å². The topological polar surface area (TPSA) is 133 Å². The zero-order chi connectivity index (χ0) is 28.1. The largest absolute Gasteiger partial charge is 0.495 e. The molecule has 2 aromatic heterocycles. The summed E-state index contributed by atoms with van der Waals surface area (Å²) in [6.45, 7) is 0.763. The molecule has 0 saturated carbocycles. The molecule has 0 unspecified atom stereocenters. The van der Waals surface area contributed by atoms with E-state index in [9.17, 15) is 13.2 Å². The molecule has 1 aliphatic rings. The molecule has 0 atom stereocenters. The first-order valence-electron chi connectivity index (χ1n) is 12.2. The van der Waals surface area contributed by atoms with Crippen LogP contribution in [0.25, 0.3) is 5.69 Å². The second-order valence-corrected chi connectivity index (χ2v) is 10.6.